The van der Waals surface area contributed by atoms with E-state index in [2.05, 4.69) is 10.3 Å². The summed E-state index contributed by atoms with van der Waals surface area (Å²) in [4.78, 5) is 16.2. The van der Waals surface area contributed by atoms with Crippen LogP contribution in [0.1, 0.15) is 24.0 Å². The van der Waals surface area contributed by atoms with Gasteiger partial charge in [-0.2, -0.15) is 4.31 Å². The minimum Gasteiger partial charge on any atom is -0.349 e. The second-order valence-electron chi connectivity index (χ2n) is 6.86. The van der Waals surface area contributed by atoms with Crippen molar-refractivity contribution in [1.82, 2.24) is 14.6 Å². The number of benzene rings is 1. The topological polar surface area (TPSA) is 79.4 Å². The van der Waals surface area contributed by atoms with Crippen LogP contribution >= 0.6 is 0 Å². The summed E-state index contributed by atoms with van der Waals surface area (Å²) < 4.78 is 55.4. The van der Waals surface area contributed by atoms with Gasteiger partial charge in [0, 0.05) is 25.5 Å². The molecule has 0 bridgehead atoms. The molecule has 1 aliphatic rings. The standard InChI is InChI=1S/C19H21F2N3O3S/c1-14-10-16(5-6-17(14)20)28(26,27)24-9-3-7-19(21,13-24)18(25)23-12-15-4-2-8-22-11-15/h2,4-6,8,10-11H,3,7,9,12-13H2,1H3,(H,23,25). The summed E-state index contributed by atoms with van der Waals surface area (Å²) in [7, 11) is -4.04. The Morgan fingerprint density at radius 3 is 2.82 bits per heavy atom. The first-order valence-electron chi connectivity index (χ1n) is 8.85. The molecule has 1 atom stereocenters. The van der Waals surface area contributed by atoms with Crippen molar-refractivity contribution >= 4 is 15.9 Å². The number of alkyl halides is 1. The van der Waals surface area contributed by atoms with E-state index in [-0.39, 0.29) is 36.4 Å². The summed E-state index contributed by atoms with van der Waals surface area (Å²) in [5, 5.41) is 2.51. The molecule has 28 heavy (non-hydrogen) atoms. The van der Waals surface area contributed by atoms with Gasteiger partial charge in [0.25, 0.3) is 5.91 Å². The molecule has 150 valence electrons. The monoisotopic (exact) mass is 409 g/mol. The number of aryl methyl sites for hydroxylation is 1. The van der Waals surface area contributed by atoms with Gasteiger partial charge in [0.05, 0.1) is 11.4 Å². The van der Waals surface area contributed by atoms with Gasteiger partial charge in [0.15, 0.2) is 0 Å². The molecule has 1 aromatic carbocycles. The number of rotatable bonds is 5. The SMILES string of the molecule is Cc1cc(S(=O)(=O)N2CCCC(F)(C(=O)NCc3cccnc3)C2)ccc1F. The number of sulfonamides is 1. The van der Waals surface area contributed by atoms with Gasteiger partial charge in [0.2, 0.25) is 15.7 Å². The van der Waals surface area contributed by atoms with Gasteiger partial charge < -0.3 is 5.32 Å². The zero-order valence-corrected chi connectivity index (χ0v) is 16.2. The molecule has 1 fully saturated rings. The highest BCUT2D eigenvalue weighted by Crippen LogP contribution is 2.30. The van der Waals surface area contributed by atoms with Crippen LogP contribution in [0.2, 0.25) is 0 Å². The van der Waals surface area contributed by atoms with Crippen LogP contribution in [-0.4, -0.2) is 42.4 Å². The summed E-state index contributed by atoms with van der Waals surface area (Å²) in [6.07, 6.45) is 3.28. The molecule has 1 unspecified atom stereocenters. The van der Waals surface area contributed by atoms with Crippen molar-refractivity contribution in [3.63, 3.8) is 0 Å². The smallest absolute Gasteiger partial charge is 0.259 e. The summed E-state index contributed by atoms with van der Waals surface area (Å²) >= 11 is 0. The number of carbonyl (C=O) groups is 1. The Kier molecular flexibility index (Phi) is 5.76. The van der Waals surface area contributed by atoms with Gasteiger partial charge in [-0.3, -0.25) is 9.78 Å². The predicted molar refractivity (Wildman–Crippen MR) is 99.1 cm³/mol. The van der Waals surface area contributed by atoms with E-state index in [0.717, 1.165) is 16.4 Å². The Balaban J connectivity index is 1.74. The lowest BCUT2D eigenvalue weighted by Gasteiger charge is -2.35. The molecule has 1 aliphatic heterocycles. The van der Waals surface area contributed by atoms with Crippen molar-refractivity contribution in [1.29, 1.82) is 0 Å². The van der Waals surface area contributed by atoms with Crippen LogP contribution in [0.15, 0.2) is 47.6 Å². The van der Waals surface area contributed by atoms with Crippen LogP contribution in [-0.2, 0) is 21.4 Å². The average Bonchev–Trinajstić information content (AvgIpc) is 2.69. The van der Waals surface area contributed by atoms with E-state index in [4.69, 9.17) is 0 Å². The quantitative estimate of drug-likeness (QED) is 0.822. The Morgan fingerprint density at radius 1 is 1.36 bits per heavy atom. The van der Waals surface area contributed by atoms with Gasteiger partial charge in [-0.1, -0.05) is 6.07 Å². The number of aromatic nitrogens is 1. The highest BCUT2D eigenvalue weighted by molar-refractivity contribution is 7.89. The third-order valence-corrected chi connectivity index (χ3v) is 6.60. The maximum absolute atomic E-state index is 15.3. The molecule has 6 nitrogen and oxygen atoms in total. The molecule has 1 aromatic heterocycles. The number of piperidine rings is 1. The second kappa shape index (κ2) is 7.92. The molecular formula is C19H21F2N3O3S. The van der Waals surface area contributed by atoms with Crippen LogP contribution in [0.25, 0.3) is 0 Å². The molecule has 0 radical (unpaired) electrons. The predicted octanol–water partition coefficient (Wildman–Crippen LogP) is 2.34. The van der Waals surface area contributed by atoms with Crippen molar-refractivity contribution in [2.45, 2.75) is 36.9 Å². The summed E-state index contributed by atoms with van der Waals surface area (Å²) in [6.45, 7) is 1.07. The normalized spacial score (nSPS) is 20.7. The van der Waals surface area contributed by atoms with E-state index in [0.29, 0.717) is 5.56 Å². The van der Waals surface area contributed by atoms with Crippen LogP contribution in [0.3, 0.4) is 0 Å². The van der Waals surface area contributed by atoms with Gasteiger partial charge in [-0.05, 0) is 55.2 Å². The number of halogens is 2. The molecule has 1 amide bonds. The highest BCUT2D eigenvalue weighted by atomic mass is 32.2. The van der Waals surface area contributed by atoms with E-state index >= 15 is 4.39 Å². The second-order valence-corrected chi connectivity index (χ2v) is 8.80. The van der Waals surface area contributed by atoms with Crippen molar-refractivity contribution in [3.8, 4) is 0 Å². The fourth-order valence-electron chi connectivity index (χ4n) is 3.13. The van der Waals surface area contributed by atoms with Crippen molar-refractivity contribution in [3.05, 3.63) is 59.7 Å². The van der Waals surface area contributed by atoms with E-state index in [1.807, 2.05) is 0 Å². The van der Waals surface area contributed by atoms with Gasteiger partial charge in [-0.25, -0.2) is 17.2 Å². The molecule has 2 aromatic rings. The number of pyridine rings is 1. The fraction of sp³-hybridized carbons (Fsp3) is 0.368. The van der Waals surface area contributed by atoms with Crippen LogP contribution < -0.4 is 5.32 Å². The zero-order chi connectivity index (χ0) is 20.4. The summed E-state index contributed by atoms with van der Waals surface area (Å²) in [5.74, 6) is -1.38. The first-order chi connectivity index (χ1) is 13.2. The van der Waals surface area contributed by atoms with Gasteiger partial charge in [-0.15, -0.1) is 0 Å². The molecule has 1 saturated heterocycles. The molecule has 1 N–H and O–H groups in total. The first kappa shape index (κ1) is 20.3. The third-order valence-electron chi connectivity index (χ3n) is 4.76. The number of carbonyl (C=O) groups excluding carboxylic acids is 1. The number of hydrogen-bond donors (Lipinski definition) is 1. The van der Waals surface area contributed by atoms with E-state index < -0.39 is 34.0 Å². The largest absolute Gasteiger partial charge is 0.349 e. The molecule has 9 heteroatoms. The number of amides is 1. The van der Waals surface area contributed by atoms with Crippen LogP contribution in [0.5, 0.6) is 0 Å². The number of nitrogens with zero attached hydrogens (tertiary/aromatic N) is 2. The maximum atomic E-state index is 15.3. The number of hydrogen-bond acceptors (Lipinski definition) is 4. The average molecular weight is 409 g/mol. The minimum absolute atomic E-state index is 0.0691. The fourth-order valence-corrected chi connectivity index (χ4v) is 4.74. The van der Waals surface area contributed by atoms with Crippen LogP contribution in [0.4, 0.5) is 8.78 Å². The molecule has 0 spiro atoms. The summed E-state index contributed by atoms with van der Waals surface area (Å²) in [5.41, 5.74) is -1.44. The lowest BCUT2D eigenvalue weighted by molar-refractivity contribution is -0.135. The Morgan fingerprint density at radius 2 is 2.14 bits per heavy atom. The molecule has 0 saturated carbocycles. The highest BCUT2D eigenvalue weighted by Gasteiger charge is 2.45. The van der Waals surface area contributed by atoms with Crippen molar-refractivity contribution in [2.24, 2.45) is 0 Å². The van der Waals surface area contributed by atoms with Gasteiger partial charge >= 0.3 is 0 Å². The van der Waals surface area contributed by atoms with Crippen molar-refractivity contribution in [2.75, 3.05) is 13.1 Å². The maximum Gasteiger partial charge on any atom is 0.259 e. The lowest BCUT2D eigenvalue weighted by Crippen LogP contribution is -2.55. The Bertz CT molecular complexity index is 970. The molecule has 2 heterocycles. The van der Waals surface area contributed by atoms with Crippen LogP contribution in [0, 0.1) is 12.7 Å². The first-order valence-corrected chi connectivity index (χ1v) is 10.3. The zero-order valence-electron chi connectivity index (χ0n) is 15.4. The minimum atomic E-state index is -4.04. The molecule has 0 aliphatic carbocycles. The van der Waals surface area contributed by atoms with E-state index in [9.17, 15) is 17.6 Å². The Labute approximate surface area is 162 Å². The van der Waals surface area contributed by atoms with Gasteiger partial charge in [0.1, 0.15) is 5.82 Å². The van der Waals surface area contributed by atoms with E-state index in [1.165, 1.54) is 13.0 Å². The third kappa shape index (κ3) is 4.20. The Hall–Kier alpha value is -2.39. The van der Waals surface area contributed by atoms with Crippen molar-refractivity contribution < 1.29 is 22.0 Å². The van der Waals surface area contributed by atoms with E-state index in [1.54, 1.807) is 24.5 Å². The lowest BCUT2D eigenvalue weighted by atomic mass is 9.95. The molecular weight excluding hydrogens is 388 g/mol. The summed E-state index contributed by atoms with van der Waals surface area (Å²) in [6, 6.07) is 6.87. The number of nitrogens with one attached hydrogen (secondary N) is 1. The molecule has 3 rings (SSSR count).